The van der Waals surface area contributed by atoms with Gasteiger partial charge in [0.05, 0.1) is 0 Å². The van der Waals surface area contributed by atoms with E-state index in [1.165, 1.54) is 33.9 Å². The third-order valence-corrected chi connectivity index (χ3v) is 5.99. The van der Waals surface area contributed by atoms with Gasteiger partial charge in [0.2, 0.25) is 0 Å². The van der Waals surface area contributed by atoms with Gasteiger partial charge in [-0.2, -0.15) is 23.5 Å². The molecule has 17 heavy (non-hydrogen) atoms. The second-order valence-corrected chi connectivity index (χ2v) is 7.17. The second kappa shape index (κ2) is 6.17. The van der Waals surface area contributed by atoms with Gasteiger partial charge in [-0.25, -0.2) is 0 Å². The molecule has 0 radical (unpaired) electrons. The minimum Gasteiger partial charge on any atom is -0.312 e. The van der Waals surface area contributed by atoms with Gasteiger partial charge in [0, 0.05) is 28.6 Å². The quantitative estimate of drug-likeness (QED) is 0.901. The minimum absolute atomic E-state index is 0.492. The van der Waals surface area contributed by atoms with Crippen LogP contribution in [0.2, 0.25) is 0 Å². The summed E-state index contributed by atoms with van der Waals surface area (Å²) in [6.45, 7) is 4.37. The molecule has 2 atom stereocenters. The van der Waals surface area contributed by atoms with Crippen LogP contribution < -0.4 is 5.32 Å². The molecular weight excluding hydrogens is 246 g/mol. The Labute approximate surface area is 113 Å². The SMILES string of the molecule is CNC(c1cc(C)cc(C)c1)C1CSCCS1. The van der Waals surface area contributed by atoms with E-state index in [-0.39, 0.29) is 0 Å². The summed E-state index contributed by atoms with van der Waals surface area (Å²) in [4.78, 5) is 0. The fraction of sp³-hybridized carbons (Fsp3) is 0.571. The molecule has 94 valence electrons. The summed E-state index contributed by atoms with van der Waals surface area (Å²) in [6, 6.07) is 7.40. The largest absolute Gasteiger partial charge is 0.312 e. The molecule has 1 aliphatic rings. The molecule has 1 heterocycles. The van der Waals surface area contributed by atoms with Gasteiger partial charge in [0.25, 0.3) is 0 Å². The van der Waals surface area contributed by atoms with Crippen LogP contribution in [0.25, 0.3) is 0 Å². The normalized spacial score (nSPS) is 22.4. The van der Waals surface area contributed by atoms with Crippen molar-refractivity contribution in [2.24, 2.45) is 0 Å². The Morgan fingerprint density at radius 1 is 1.18 bits per heavy atom. The number of nitrogens with one attached hydrogen (secondary N) is 1. The Kier molecular flexibility index (Phi) is 4.83. The van der Waals surface area contributed by atoms with Crippen LogP contribution in [0.5, 0.6) is 0 Å². The highest BCUT2D eigenvalue weighted by Gasteiger charge is 2.24. The molecule has 1 saturated heterocycles. The van der Waals surface area contributed by atoms with E-state index in [0.29, 0.717) is 11.3 Å². The van der Waals surface area contributed by atoms with Crippen LogP contribution >= 0.6 is 23.5 Å². The highest BCUT2D eigenvalue weighted by Crippen LogP contribution is 2.33. The molecule has 0 amide bonds. The fourth-order valence-corrected chi connectivity index (χ4v) is 5.36. The maximum Gasteiger partial charge on any atom is 0.0446 e. The van der Waals surface area contributed by atoms with Gasteiger partial charge in [-0.05, 0) is 26.5 Å². The molecule has 1 nitrogen and oxygen atoms in total. The van der Waals surface area contributed by atoms with E-state index in [9.17, 15) is 0 Å². The lowest BCUT2D eigenvalue weighted by molar-refractivity contribution is 0.591. The Morgan fingerprint density at radius 2 is 1.88 bits per heavy atom. The number of benzene rings is 1. The molecule has 3 heteroatoms. The van der Waals surface area contributed by atoms with E-state index in [0.717, 1.165) is 0 Å². The van der Waals surface area contributed by atoms with Crippen LogP contribution in [0.4, 0.5) is 0 Å². The smallest absolute Gasteiger partial charge is 0.0446 e. The maximum absolute atomic E-state index is 3.51. The van der Waals surface area contributed by atoms with E-state index in [1.807, 2.05) is 0 Å². The van der Waals surface area contributed by atoms with E-state index in [4.69, 9.17) is 0 Å². The zero-order valence-corrected chi connectivity index (χ0v) is 12.5. The molecule has 1 fully saturated rings. The van der Waals surface area contributed by atoms with E-state index in [2.05, 4.69) is 67.9 Å². The zero-order valence-electron chi connectivity index (χ0n) is 10.8. The van der Waals surface area contributed by atoms with Crippen molar-refractivity contribution in [2.45, 2.75) is 25.1 Å². The Hall–Kier alpha value is -0.120. The van der Waals surface area contributed by atoms with Gasteiger partial charge >= 0.3 is 0 Å². The van der Waals surface area contributed by atoms with Crippen molar-refractivity contribution in [3.05, 3.63) is 34.9 Å². The van der Waals surface area contributed by atoms with Crippen molar-refractivity contribution < 1.29 is 0 Å². The highest BCUT2D eigenvalue weighted by atomic mass is 32.2. The minimum atomic E-state index is 0.492. The number of hydrogen-bond donors (Lipinski definition) is 1. The van der Waals surface area contributed by atoms with Crippen molar-refractivity contribution in [1.82, 2.24) is 5.32 Å². The molecule has 0 aliphatic carbocycles. The van der Waals surface area contributed by atoms with E-state index < -0.39 is 0 Å². The summed E-state index contributed by atoms with van der Waals surface area (Å²) in [5, 5.41) is 4.22. The Balaban J connectivity index is 2.21. The summed E-state index contributed by atoms with van der Waals surface area (Å²) in [5.41, 5.74) is 4.19. The van der Waals surface area contributed by atoms with Crippen LogP contribution in [0.15, 0.2) is 18.2 Å². The van der Waals surface area contributed by atoms with Gasteiger partial charge < -0.3 is 5.32 Å². The van der Waals surface area contributed by atoms with Crippen LogP contribution in [0, 0.1) is 13.8 Å². The summed E-state index contributed by atoms with van der Waals surface area (Å²) in [6.07, 6.45) is 0. The molecule has 1 N–H and O–H groups in total. The fourth-order valence-electron chi connectivity index (χ4n) is 2.46. The molecule has 0 spiro atoms. The highest BCUT2D eigenvalue weighted by molar-refractivity contribution is 8.06. The van der Waals surface area contributed by atoms with Crippen molar-refractivity contribution in [2.75, 3.05) is 24.3 Å². The number of aryl methyl sites for hydroxylation is 2. The third-order valence-electron chi connectivity index (χ3n) is 3.13. The summed E-state index contributed by atoms with van der Waals surface area (Å²) in [5.74, 6) is 3.87. The average Bonchev–Trinajstić information content (AvgIpc) is 2.30. The zero-order chi connectivity index (χ0) is 12.3. The molecule has 2 rings (SSSR count). The molecule has 2 unspecified atom stereocenters. The standard InChI is InChI=1S/C14H21NS2/c1-10-6-11(2)8-12(7-10)14(15-3)13-9-16-4-5-17-13/h6-8,13-15H,4-5,9H2,1-3H3. The first-order valence-corrected chi connectivity index (χ1v) is 8.36. The lowest BCUT2D eigenvalue weighted by Crippen LogP contribution is -2.31. The molecule has 1 aromatic carbocycles. The van der Waals surface area contributed by atoms with Crippen LogP contribution in [0.1, 0.15) is 22.7 Å². The number of rotatable bonds is 3. The summed E-state index contributed by atoms with van der Waals surface area (Å²) in [7, 11) is 2.09. The Morgan fingerprint density at radius 3 is 2.41 bits per heavy atom. The second-order valence-electron chi connectivity index (χ2n) is 4.67. The van der Waals surface area contributed by atoms with Gasteiger partial charge in [-0.3, -0.25) is 0 Å². The molecule has 1 aliphatic heterocycles. The first kappa shape index (κ1) is 13.3. The van der Waals surface area contributed by atoms with Crippen LogP contribution in [-0.4, -0.2) is 29.6 Å². The van der Waals surface area contributed by atoms with Gasteiger partial charge in [0.15, 0.2) is 0 Å². The van der Waals surface area contributed by atoms with Crippen molar-refractivity contribution >= 4 is 23.5 Å². The summed E-state index contributed by atoms with van der Waals surface area (Å²) < 4.78 is 0. The number of thioether (sulfide) groups is 2. The first-order valence-electron chi connectivity index (χ1n) is 6.15. The topological polar surface area (TPSA) is 12.0 Å². The third kappa shape index (κ3) is 3.43. The van der Waals surface area contributed by atoms with E-state index in [1.54, 1.807) is 0 Å². The van der Waals surface area contributed by atoms with Gasteiger partial charge in [-0.1, -0.05) is 29.3 Å². The molecule has 0 aromatic heterocycles. The predicted octanol–water partition coefficient (Wildman–Crippen LogP) is 3.41. The van der Waals surface area contributed by atoms with Crippen molar-refractivity contribution in [3.63, 3.8) is 0 Å². The number of hydrogen-bond acceptors (Lipinski definition) is 3. The molecular formula is C14H21NS2. The first-order chi connectivity index (χ1) is 8.20. The van der Waals surface area contributed by atoms with Crippen LogP contribution in [0.3, 0.4) is 0 Å². The molecule has 1 aromatic rings. The summed E-state index contributed by atoms with van der Waals surface area (Å²) >= 11 is 4.21. The predicted molar refractivity (Wildman–Crippen MR) is 81.3 cm³/mol. The maximum atomic E-state index is 3.51. The molecule has 0 bridgehead atoms. The van der Waals surface area contributed by atoms with E-state index >= 15 is 0 Å². The molecule has 0 saturated carbocycles. The Bertz CT molecular complexity index is 352. The van der Waals surface area contributed by atoms with Gasteiger partial charge in [-0.15, -0.1) is 0 Å². The van der Waals surface area contributed by atoms with Crippen molar-refractivity contribution in [3.8, 4) is 0 Å². The average molecular weight is 267 g/mol. The lowest BCUT2D eigenvalue weighted by atomic mass is 9.99. The van der Waals surface area contributed by atoms with Crippen molar-refractivity contribution in [1.29, 1.82) is 0 Å². The lowest BCUT2D eigenvalue weighted by Gasteiger charge is -2.30. The monoisotopic (exact) mass is 267 g/mol. The van der Waals surface area contributed by atoms with Gasteiger partial charge in [0.1, 0.15) is 0 Å². The van der Waals surface area contributed by atoms with Crippen LogP contribution in [-0.2, 0) is 0 Å².